The second kappa shape index (κ2) is 11.8. The van der Waals surface area contributed by atoms with Gasteiger partial charge in [-0.05, 0) is 96.2 Å². The minimum absolute atomic E-state index is 0.209. The largest absolute Gasteiger partial charge is 0.392 e. The molecule has 0 aromatic rings. The predicted molar refractivity (Wildman–Crippen MR) is 126 cm³/mol. The van der Waals surface area contributed by atoms with Gasteiger partial charge in [-0.15, -0.1) is 0 Å². The lowest BCUT2D eigenvalue weighted by Crippen LogP contribution is -2.30. The highest BCUT2D eigenvalue weighted by Gasteiger charge is 2.43. The van der Waals surface area contributed by atoms with E-state index in [2.05, 4.69) is 30.1 Å². The average molecular weight is 418 g/mol. The van der Waals surface area contributed by atoms with E-state index >= 15 is 0 Å². The Morgan fingerprint density at radius 1 is 1.13 bits per heavy atom. The van der Waals surface area contributed by atoms with Crippen LogP contribution in [0.4, 0.5) is 0 Å². The number of aliphatic hydroxyl groups is 2. The maximum atomic E-state index is 10.6. The van der Waals surface area contributed by atoms with Crippen molar-refractivity contribution in [2.45, 2.75) is 109 Å². The Morgan fingerprint density at radius 3 is 2.70 bits per heavy atom. The lowest BCUT2D eigenvalue weighted by atomic mass is 9.87. The maximum absolute atomic E-state index is 10.6. The van der Waals surface area contributed by atoms with Crippen molar-refractivity contribution in [3.63, 3.8) is 0 Å². The SMILES string of the molecule is CCCC[C@](C)(O)C/C=C/[C@@H]1[C@H]2CC(CCCCCN3CCCCC3)=C[C@H]2C[C@H]1O. The molecule has 3 aliphatic rings. The number of allylic oxidation sites excluding steroid dienone is 2. The molecule has 1 saturated carbocycles. The minimum Gasteiger partial charge on any atom is -0.392 e. The van der Waals surface area contributed by atoms with Crippen molar-refractivity contribution in [1.29, 1.82) is 0 Å². The quantitative estimate of drug-likeness (QED) is 0.308. The number of nitrogens with zero attached hydrogens (tertiary/aromatic N) is 1. The molecule has 2 fully saturated rings. The van der Waals surface area contributed by atoms with Gasteiger partial charge in [0.25, 0.3) is 0 Å². The molecule has 3 rings (SSSR count). The van der Waals surface area contributed by atoms with E-state index in [1.165, 1.54) is 71.0 Å². The summed E-state index contributed by atoms with van der Waals surface area (Å²) in [5, 5.41) is 21.1. The van der Waals surface area contributed by atoms with Crippen LogP contribution in [0.15, 0.2) is 23.8 Å². The zero-order valence-corrected chi connectivity index (χ0v) is 19.7. The Kier molecular flexibility index (Phi) is 9.47. The summed E-state index contributed by atoms with van der Waals surface area (Å²) < 4.78 is 0. The molecule has 0 bridgehead atoms. The maximum Gasteiger partial charge on any atom is 0.0654 e. The standard InChI is InChI=1S/C27H47NO2/c1-3-4-14-27(2,30)15-11-13-24-25-20-22(19-23(25)21-26(24)29)12-7-5-8-16-28-17-9-6-10-18-28/h11,13,19,23-26,29-30H,3-10,12,14-18,20-21H2,1-2H3/b13-11+/t23-,24+,25-,26+,27-/m0/s1. The highest BCUT2D eigenvalue weighted by molar-refractivity contribution is 5.20. The molecule has 1 saturated heterocycles. The van der Waals surface area contributed by atoms with Crippen molar-refractivity contribution in [1.82, 2.24) is 4.90 Å². The average Bonchev–Trinajstić information content (AvgIpc) is 3.24. The summed E-state index contributed by atoms with van der Waals surface area (Å²) in [5.74, 6) is 1.42. The van der Waals surface area contributed by atoms with Crippen molar-refractivity contribution in [3.05, 3.63) is 23.8 Å². The number of hydrogen-bond acceptors (Lipinski definition) is 3. The molecule has 3 nitrogen and oxygen atoms in total. The Morgan fingerprint density at radius 2 is 1.93 bits per heavy atom. The Labute approximate surface area is 185 Å². The third-order valence-electron chi connectivity index (χ3n) is 7.86. The number of fused-ring (bicyclic) bond motifs is 1. The van der Waals surface area contributed by atoms with Crippen molar-refractivity contribution in [2.24, 2.45) is 17.8 Å². The molecule has 2 N–H and O–H groups in total. The first-order valence-corrected chi connectivity index (χ1v) is 13.0. The third-order valence-corrected chi connectivity index (χ3v) is 7.86. The summed E-state index contributed by atoms with van der Waals surface area (Å²) in [6, 6.07) is 0. The summed E-state index contributed by atoms with van der Waals surface area (Å²) in [6.45, 7) is 8.05. The van der Waals surface area contributed by atoms with Crippen molar-refractivity contribution >= 4 is 0 Å². The fraction of sp³-hybridized carbons (Fsp3) is 0.852. The summed E-state index contributed by atoms with van der Waals surface area (Å²) in [6.07, 6.45) is 22.0. The van der Waals surface area contributed by atoms with E-state index in [4.69, 9.17) is 0 Å². The van der Waals surface area contributed by atoms with Crippen LogP contribution < -0.4 is 0 Å². The van der Waals surface area contributed by atoms with Gasteiger partial charge in [0.05, 0.1) is 11.7 Å². The molecular formula is C27H47NO2. The molecule has 1 aliphatic heterocycles. The van der Waals surface area contributed by atoms with Gasteiger partial charge in [-0.3, -0.25) is 0 Å². The van der Waals surface area contributed by atoms with Crippen LogP contribution in [0, 0.1) is 17.8 Å². The van der Waals surface area contributed by atoms with E-state index in [1.807, 2.05) is 6.92 Å². The van der Waals surface area contributed by atoms with Crippen LogP contribution >= 0.6 is 0 Å². The van der Waals surface area contributed by atoms with Gasteiger partial charge in [0.1, 0.15) is 0 Å². The number of hydrogen-bond donors (Lipinski definition) is 2. The highest BCUT2D eigenvalue weighted by atomic mass is 16.3. The molecule has 0 radical (unpaired) electrons. The zero-order chi connectivity index (χ0) is 21.4. The van der Waals surface area contributed by atoms with Gasteiger partial charge >= 0.3 is 0 Å². The highest BCUT2D eigenvalue weighted by Crippen LogP contribution is 2.48. The van der Waals surface area contributed by atoms with Crippen LogP contribution in [0.3, 0.4) is 0 Å². The van der Waals surface area contributed by atoms with E-state index in [9.17, 15) is 10.2 Å². The molecule has 0 aromatic carbocycles. The lowest BCUT2D eigenvalue weighted by molar-refractivity contribution is 0.0513. The zero-order valence-electron chi connectivity index (χ0n) is 19.7. The second-order valence-electron chi connectivity index (χ2n) is 10.7. The molecule has 0 spiro atoms. The van der Waals surface area contributed by atoms with Gasteiger partial charge in [0.15, 0.2) is 0 Å². The van der Waals surface area contributed by atoms with Gasteiger partial charge in [0, 0.05) is 5.92 Å². The predicted octanol–water partition coefficient (Wildman–Crippen LogP) is 5.86. The first kappa shape index (κ1) is 24.0. The van der Waals surface area contributed by atoms with E-state index in [0.717, 1.165) is 25.7 Å². The molecule has 0 aromatic heterocycles. The van der Waals surface area contributed by atoms with Crippen LogP contribution in [0.25, 0.3) is 0 Å². The van der Waals surface area contributed by atoms with Crippen molar-refractivity contribution in [2.75, 3.05) is 19.6 Å². The summed E-state index contributed by atoms with van der Waals surface area (Å²) in [5.41, 5.74) is 1.03. The van der Waals surface area contributed by atoms with E-state index in [-0.39, 0.29) is 12.0 Å². The van der Waals surface area contributed by atoms with E-state index < -0.39 is 5.60 Å². The van der Waals surface area contributed by atoms with Gasteiger partial charge in [0.2, 0.25) is 0 Å². The minimum atomic E-state index is -0.608. The number of aliphatic hydroxyl groups excluding tert-OH is 1. The van der Waals surface area contributed by atoms with Crippen LogP contribution in [-0.2, 0) is 0 Å². The number of rotatable bonds is 12. The number of likely N-dealkylation sites (tertiary alicyclic amines) is 1. The molecular weight excluding hydrogens is 370 g/mol. The normalized spacial score (nSPS) is 31.8. The smallest absolute Gasteiger partial charge is 0.0654 e. The second-order valence-corrected chi connectivity index (χ2v) is 10.7. The van der Waals surface area contributed by atoms with Crippen LogP contribution in [0.5, 0.6) is 0 Å². The van der Waals surface area contributed by atoms with Gasteiger partial charge in [-0.2, -0.15) is 0 Å². The van der Waals surface area contributed by atoms with Gasteiger partial charge in [-0.25, -0.2) is 0 Å². The molecule has 5 atom stereocenters. The topological polar surface area (TPSA) is 43.7 Å². The molecule has 2 aliphatic carbocycles. The molecule has 1 heterocycles. The fourth-order valence-corrected chi connectivity index (χ4v) is 5.98. The first-order valence-electron chi connectivity index (χ1n) is 13.0. The van der Waals surface area contributed by atoms with Crippen LogP contribution in [0.2, 0.25) is 0 Å². The molecule has 172 valence electrons. The summed E-state index contributed by atoms with van der Waals surface area (Å²) in [4.78, 5) is 2.65. The number of unbranched alkanes of at least 4 members (excludes halogenated alkanes) is 3. The molecule has 3 heteroatoms. The third kappa shape index (κ3) is 7.21. The Bertz CT molecular complexity index is 561. The lowest BCUT2D eigenvalue weighted by Gasteiger charge is -2.26. The first-order chi connectivity index (χ1) is 14.5. The van der Waals surface area contributed by atoms with E-state index in [0.29, 0.717) is 18.3 Å². The monoisotopic (exact) mass is 417 g/mol. The Hall–Kier alpha value is -0.640. The molecule has 30 heavy (non-hydrogen) atoms. The van der Waals surface area contributed by atoms with Gasteiger partial charge in [-0.1, -0.05) is 56.4 Å². The summed E-state index contributed by atoms with van der Waals surface area (Å²) in [7, 11) is 0. The van der Waals surface area contributed by atoms with Gasteiger partial charge < -0.3 is 15.1 Å². The van der Waals surface area contributed by atoms with Crippen molar-refractivity contribution in [3.8, 4) is 0 Å². The number of piperidine rings is 1. The van der Waals surface area contributed by atoms with E-state index in [1.54, 1.807) is 5.57 Å². The van der Waals surface area contributed by atoms with Crippen LogP contribution in [0.1, 0.15) is 97.3 Å². The fourth-order valence-electron chi connectivity index (χ4n) is 5.98. The molecule has 0 amide bonds. The van der Waals surface area contributed by atoms with Crippen LogP contribution in [-0.4, -0.2) is 46.5 Å². The van der Waals surface area contributed by atoms with Crippen molar-refractivity contribution < 1.29 is 10.2 Å². The summed E-state index contributed by atoms with van der Waals surface area (Å²) >= 11 is 0. The Balaban J connectivity index is 1.36. The molecule has 0 unspecified atom stereocenters.